The Balaban J connectivity index is 2.85. The van der Waals surface area contributed by atoms with Gasteiger partial charge in [-0.05, 0) is 31.5 Å². The number of rotatable bonds is 3. The average molecular weight is 174 g/mol. The highest BCUT2D eigenvalue weighted by Crippen LogP contribution is 2.19. The first-order valence-corrected chi connectivity index (χ1v) is 4.48. The molecular weight excluding hydrogens is 160 g/mol. The maximum Gasteiger partial charge on any atom is 0.0647 e. The summed E-state index contributed by atoms with van der Waals surface area (Å²) in [5.74, 6) is 0. The molecule has 2 nitrogen and oxygen atoms in total. The van der Waals surface area contributed by atoms with Crippen molar-refractivity contribution in [3.63, 3.8) is 0 Å². The Kier molecular flexibility index (Phi) is 3.89. The van der Waals surface area contributed by atoms with Crippen LogP contribution in [0.2, 0.25) is 0 Å². The van der Waals surface area contributed by atoms with Crippen molar-refractivity contribution in [2.75, 3.05) is 0 Å². The molecule has 0 spiro atoms. The minimum absolute atomic E-state index is 0.952. The highest BCUT2D eigenvalue weighted by Gasteiger charge is 1.89. The molecule has 0 heterocycles. The molecule has 0 aromatic heterocycles. The Morgan fingerprint density at radius 3 is 2.54 bits per heavy atom. The fourth-order valence-corrected chi connectivity index (χ4v) is 0.999. The van der Waals surface area contributed by atoms with Crippen molar-refractivity contribution < 1.29 is 0 Å². The van der Waals surface area contributed by atoms with Gasteiger partial charge in [0.15, 0.2) is 0 Å². The van der Waals surface area contributed by atoms with Crippen LogP contribution in [-0.4, -0.2) is 12.4 Å². The summed E-state index contributed by atoms with van der Waals surface area (Å²) < 4.78 is 0. The van der Waals surface area contributed by atoms with E-state index in [9.17, 15) is 0 Å². The van der Waals surface area contributed by atoms with Crippen LogP contribution in [0, 0.1) is 0 Å². The number of nitrogens with zero attached hydrogens (tertiary/aromatic N) is 2. The molecule has 1 aromatic rings. The topological polar surface area (TPSA) is 24.7 Å². The molecule has 1 rings (SSSR count). The molecule has 1 aromatic carbocycles. The zero-order valence-electron chi connectivity index (χ0n) is 8.07. The molecule has 0 unspecified atom stereocenters. The van der Waals surface area contributed by atoms with Crippen LogP contribution in [0.3, 0.4) is 0 Å². The number of benzene rings is 1. The molecule has 2 heteroatoms. The van der Waals surface area contributed by atoms with Crippen LogP contribution in [-0.2, 0) is 0 Å². The molecule has 0 saturated heterocycles. The van der Waals surface area contributed by atoms with E-state index in [1.807, 2.05) is 37.4 Å². The normalized spacial score (nSPS) is 11.5. The smallest absolute Gasteiger partial charge is 0.0647 e. The van der Waals surface area contributed by atoms with Gasteiger partial charge in [0.25, 0.3) is 0 Å². The summed E-state index contributed by atoms with van der Waals surface area (Å²) >= 11 is 0. The lowest BCUT2D eigenvalue weighted by atomic mass is 10.3. The molecule has 0 aliphatic carbocycles. The van der Waals surface area contributed by atoms with Gasteiger partial charge in [0.05, 0.1) is 11.4 Å². The minimum atomic E-state index is 0.952. The van der Waals surface area contributed by atoms with Crippen molar-refractivity contribution in [3.05, 3.63) is 24.3 Å². The molecule has 0 fully saturated rings. The zero-order valence-corrected chi connectivity index (χ0v) is 8.07. The van der Waals surface area contributed by atoms with Crippen molar-refractivity contribution in [1.82, 2.24) is 0 Å². The number of aliphatic imine (C=N–C) groups is 2. The van der Waals surface area contributed by atoms with E-state index in [1.165, 1.54) is 0 Å². The maximum absolute atomic E-state index is 4.27. The minimum Gasteiger partial charge on any atom is -0.261 e. The molecule has 0 amide bonds. The van der Waals surface area contributed by atoms with Gasteiger partial charge in [-0.2, -0.15) is 0 Å². The monoisotopic (exact) mass is 174 g/mol. The summed E-state index contributed by atoms with van der Waals surface area (Å²) in [5, 5.41) is 0. The fraction of sp³-hybridized carbons (Fsp3) is 0.273. The Morgan fingerprint density at radius 2 is 1.92 bits per heavy atom. The van der Waals surface area contributed by atoms with Gasteiger partial charge in [-0.3, -0.25) is 9.98 Å². The molecule has 0 N–H and O–H groups in total. The summed E-state index contributed by atoms with van der Waals surface area (Å²) in [6.07, 6.45) is 4.64. The van der Waals surface area contributed by atoms with Gasteiger partial charge in [-0.25, -0.2) is 0 Å². The molecule has 0 saturated carbocycles. The quantitative estimate of drug-likeness (QED) is 0.626. The lowest BCUT2D eigenvalue weighted by molar-refractivity contribution is 1.31. The Bertz CT molecular complexity index is 314. The lowest BCUT2D eigenvalue weighted by Gasteiger charge is -1.94. The van der Waals surface area contributed by atoms with Gasteiger partial charge in [-0.1, -0.05) is 13.0 Å². The summed E-state index contributed by atoms with van der Waals surface area (Å²) in [6, 6.07) is 7.86. The van der Waals surface area contributed by atoms with Crippen molar-refractivity contribution in [1.29, 1.82) is 0 Å². The van der Waals surface area contributed by atoms with Gasteiger partial charge in [0.2, 0.25) is 0 Å². The van der Waals surface area contributed by atoms with Crippen molar-refractivity contribution in [2.24, 2.45) is 9.98 Å². The molecule has 0 radical (unpaired) electrons. The van der Waals surface area contributed by atoms with Crippen LogP contribution in [0.25, 0.3) is 0 Å². The van der Waals surface area contributed by atoms with E-state index in [0.29, 0.717) is 0 Å². The predicted octanol–water partition coefficient (Wildman–Crippen LogP) is 3.52. The van der Waals surface area contributed by atoms with Crippen LogP contribution in [0.15, 0.2) is 34.3 Å². The second-order valence-corrected chi connectivity index (χ2v) is 2.63. The Morgan fingerprint density at radius 1 is 1.23 bits per heavy atom. The third-order valence-corrected chi connectivity index (χ3v) is 1.53. The first kappa shape index (κ1) is 9.65. The molecule has 0 bridgehead atoms. The largest absolute Gasteiger partial charge is 0.261 e. The molecular formula is C11H14N2. The standard InChI is InChI=1S/C11H14N2/c1-3-8-13-11-7-5-6-10(9-11)12-4-2/h4-9H,3H2,1-2H3. The highest BCUT2D eigenvalue weighted by molar-refractivity contribution is 5.66. The molecule has 13 heavy (non-hydrogen) atoms. The van der Waals surface area contributed by atoms with Crippen LogP contribution in [0.5, 0.6) is 0 Å². The van der Waals surface area contributed by atoms with Gasteiger partial charge in [-0.15, -0.1) is 0 Å². The molecule has 0 aliphatic rings. The summed E-state index contributed by atoms with van der Waals surface area (Å²) in [5.41, 5.74) is 1.92. The van der Waals surface area contributed by atoms with Gasteiger partial charge in [0.1, 0.15) is 0 Å². The summed E-state index contributed by atoms with van der Waals surface area (Å²) in [4.78, 5) is 8.45. The lowest BCUT2D eigenvalue weighted by Crippen LogP contribution is -1.69. The van der Waals surface area contributed by atoms with E-state index in [1.54, 1.807) is 6.21 Å². The molecule has 0 atom stereocenters. The van der Waals surface area contributed by atoms with Crippen molar-refractivity contribution in [3.8, 4) is 0 Å². The van der Waals surface area contributed by atoms with Gasteiger partial charge < -0.3 is 0 Å². The van der Waals surface area contributed by atoms with Gasteiger partial charge >= 0.3 is 0 Å². The number of hydrogen-bond acceptors (Lipinski definition) is 2. The maximum atomic E-state index is 4.27. The van der Waals surface area contributed by atoms with E-state index in [4.69, 9.17) is 0 Å². The van der Waals surface area contributed by atoms with Crippen molar-refractivity contribution >= 4 is 23.8 Å². The highest BCUT2D eigenvalue weighted by atomic mass is 14.7. The van der Waals surface area contributed by atoms with E-state index < -0.39 is 0 Å². The van der Waals surface area contributed by atoms with Crippen molar-refractivity contribution in [2.45, 2.75) is 20.3 Å². The SMILES string of the molecule is CC=Nc1cccc(N=CCC)c1. The average Bonchev–Trinajstić information content (AvgIpc) is 2.16. The summed E-state index contributed by atoms with van der Waals surface area (Å²) in [6.45, 7) is 3.97. The third-order valence-electron chi connectivity index (χ3n) is 1.53. The zero-order chi connectivity index (χ0) is 9.52. The fourth-order valence-electron chi connectivity index (χ4n) is 0.999. The van der Waals surface area contributed by atoms with E-state index >= 15 is 0 Å². The first-order chi connectivity index (χ1) is 6.36. The predicted molar refractivity (Wildman–Crippen MR) is 58.7 cm³/mol. The van der Waals surface area contributed by atoms with Crippen LogP contribution < -0.4 is 0 Å². The third kappa shape index (κ3) is 3.20. The molecule has 0 aliphatic heterocycles. The first-order valence-electron chi connectivity index (χ1n) is 4.48. The summed E-state index contributed by atoms with van der Waals surface area (Å²) in [7, 11) is 0. The molecule has 68 valence electrons. The van der Waals surface area contributed by atoms with Crippen LogP contribution in [0.1, 0.15) is 20.3 Å². The van der Waals surface area contributed by atoms with E-state index in [-0.39, 0.29) is 0 Å². The second-order valence-electron chi connectivity index (χ2n) is 2.63. The van der Waals surface area contributed by atoms with Crippen LogP contribution in [0.4, 0.5) is 11.4 Å². The second kappa shape index (κ2) is 5.25. The Labute approximate surface area is 79.0 Å². The number of hydrogen-bond donors (Lipinski definition) is 0. The van der Waals surface area contributed by atoms with Crippen LogP contribution >= 0.6 is 0 Å². The Hall–Kier alpha value is -1.44. The van der Waals surface area contributed by atoms with E-state index in [2.05, 4.69) is 16.9 Å². The van der Waals surface area contributed by atoms with E-state index in [0.717, 1.165) is 17.8 Å². The van der Waals surface area contributed by atoms with Gasteiger partial charge in [0, 0.05) is 12.4 Å².